The molecule has 1 heterocycles. The quantitative estimate of drug-likeness (QED) is 0.411. The summed E-state index contributed by atoms with van der Waals surface area (Å²) < 4.78 is 10.7. The van der Waals surface area contributed by atoms with Crippen molar-refractivity contribution in [1.29, 1.82) is 0 Å². The van der Waals surface area contributed by atoms with Crippen LogP contribution < -0.4 is 0 Å². The first-order valence-corrected chi connectivity index (χ1v) is 10.3. The minimum Gasteiger partial charge on any atom is -0.481 e. The molecule has 29 heavy (non-hydrogen) atoms. The van der Waals surface area contributed by atoms with Crippen molar-refractivity contribution in [2.45, 2.75) is 63.3 Å². The van der Waals surface area contributed by atoms with Crippen LogP contribution in [0.2, 0.25) is 0 Å². The van der Waals surface area contributed by atoms with E-state index in [1.54, 1.807) is 0 Å². The molecular weight excluding hydrogens is 368 g/mol. The highest BCUT2D eigenvalue weighted by atomic mass is 16.6. The zero-order valence-electron chi connectivity index (χ0n) is 16.5. The van der Waals surface area contributed by atoms with Gasteiger partial charge in [0.05, 0.1) is 12.2 Å². The van der Waals surface area contributed by atoms with Crippen molar-refractivity contribution in [1.82, 2.24) is 0 Å². The Morgan fingerprint density at radius 2 is 1.45 bits per heavy atom. The van der Waals surface area contributed by atoms with Crippen LogP contribution in [0.15, 0.2) is 60.7 Å². The van der Waals surface area contributed by atoms with Crippen LogP contribution in [-0.4, -0.2) is 35.4 Å². The molecule has 154 valence electrons. The minimum atomic E-state index is -0.817. The number of carboxylic acids is 1. The topological polar surface area (TPSA) is 76.1 Å². The molecule has 3 unspecified atom stereocenters. The molecule has 1 saturated carbocycles. The molecule has 1 aliphatic carbocycles. The highest BCUT2D eigenvalue weighted by Gasteiger charge is 2.44. The number of ether oxygens (including phenoxy) is 2. The van der Waals surface area contributed by atoms with Crippen molar-refractivity contribution in [3.05, 3.63) is 60.7 Å². The molecule has 5 nitrogen and oxygen atoms in total. The Morgan fingerprint density at radius 1 is 0.862 bits per heavy atom. The molecule has 2 aromatic rings. The largest absolute Gasteiger partial charge is 0.481 e. The normalized spacial score (nSPS) is 21.9. The lowest BCUT2D eigenvalue weighted by atomic mass is 9.98. The van der Waals surface area contributed by atoms with E-state index in [0.717, 1.165) is 19.3 Å². The van der Waals surface area contributed by atoms with E-state index in [4.69, 9.17) is 14.6 Å². The molecule has 2 aliphatic rings. The van der Waals surface area contributed by atoms with Crippen LogP contribution in [0.5, 0.6) is 0 Å². The fourth-order valence-corrected chi connectivity index (χ4v) is 3.53. The highest BCUT2D eigenvalue weighted by Crippen LogP contribution is 2.37. The molecule has 0 radical (unpaired) electrons. The number of aliphatic carboxylic acids is 1. The second-order valence-electron chi connectivity index (χ2n) is 7.47. The summed E-state index contributed by atoms with van der Waals surface area (Å²) in [6.07, 6.45) is 4.99. The van der Waals surface area contributed by atoms with Gasteiger partial charge in [-0.25, -0.2) is 0 Å². The Bertz CT molecular complexity index is 737. The number of epoxide rings is 1. The minimum absolute atomic E-state index is 0.00530. The standard InChI is InChI=1S/C12H18O5.C12H10/c13-11(14)3-1-2-4-12(15)16-8-5-6-9-10(7-8)17-9;1-3-7-11(8-4-1)12-9-5-2-6-10-12/h8-10H,1-7H2,(H,13,14);1-10H. The van der Waals surface area contributed by atoms with Gasteiger partial charge in [-0.1, -0.05) is 60.7 Å². The molecule has 1 saturated heterocycles. The van der Waals surface area contributed by atoms with E-state index < -0.39 is 5.97 Å². The van der Waals surface area contributed by atoms with Gasteiger partial charge >= 0.3 is 11.9 Å². The summed E-state index contributed by atoms with van der Waals surface area (Å²) in [7, 11) is 0. The van der Waals surface area contributed by atoms with Crippen LogP contribution in [0, 0.1) is 0 Å². The Kier molecular flexibility index (Phi) is 7.82. The number of unbranched alkanes of at least 4 members (excludes halogenated alkanes) is 1. The van der Waals surface area contributed by atoms with E-state index in [9.17, 15) is 9.59 Å². The van der Waals surface area contributed by atoms with Crippen molar-refractivity contribution in [3.8, 4) is 11.1 Å². The third-order valence-corrected chi connectivity index (χ3v) is 5.16. The van der Waals surface area contributed by atoms with Crippen molar-refractivity contribution >= 4 is 11.9 Å². The molecule has 2 fully saturated rings. The SMILES string of the molecule is O=C(O)CCCCC(=O)OC1CCC2OC2C1.c1ccc(-c2ccccc2)cc1. The summed E-state index contributed by atoms with van der Waals surface area (Å²) in [6, 6.07) is 20.8. The Morgan fingerprint density at radius 3 is 2.00 bits per heavy atom. The zero-order chi connectivity index (χ0) is 20.5. The predicted molar refractivity (Wildman–Crippen MR) is 110 cm³/mol. The number of rotatable bonds is 7. The fourth-order valence-electron chi connectivity index (χ4n) is 3.53. The van der Waals surface area contributed by atoms with Crippen molar-refractivity contribution in [3.63, 3.8) is 0 Å². The number of esters is 1. The van der Waals surface area contributed by atoms with Gasteiger partial charge in [0.15, 0.2) is 0 Å². The van der Waals surface area contributed by atoms with Gasteiger partial charge in [0.25, 0.3) is 0 Å². The summed E-state index contributed by atoms with van der Waals surface area (Å²) in [4.78, 5) is 21.7. The molecule has 0 aromatic heterocycles. The van der Waals surface area contributed by atoms with Crippen molar-refractivity contribution in [2.75, 3.05) is 0 Å². The summed E-state index contributed by atoms with van der Waals surface area (Å²) in [5, 5.41) is 8.44. The number of benzene rings is 2. The lowest BCUT2D eigenvalue weighted by Gasteiger charge is -2.19. The molecular formula is C24H28O5. The zero-order valence-corrected chi connectivity index (χ0v) is 16.5. The number of hydrogen-bond acceptors (Lipinski definition) is 4. The van der Waals surface area contributed by atoms with E-state index in [2.05, 4.69) is 48.5 Å². The van der Waals surface area contributed by atoms with Gasteiger partial charge in [-0.2, -0.15) is 0 Å². The number of hydrogen-bond donors (Lipinski definition) is 1. The molecule has 0 amide bonds. The van der Waals surface area contributed by atoms with Crippen LogP contribution in [0.3, 0.4) is 0 Å². The molecule has 2 aromatic carbocycles. The maximum atomic E-state index is 11.5. The monoisotopic (exact) mass is 396 g/mol. The number of carbonyl (C=O) groups excluding carboxylic acids is 1. The maximum Gasteiger partial charge on any atom is 0.306 e. The maximum absolute atomic E-state index is 11.5. The van der Waals surface area contributed by atoms with Gasteiger partial charge in [-0.15, -0.1) is 0 Å². The van der Waals surface area contributed by atoms with E-state index in [-0.39, 0.29) is 18.5 Å². The van der Waals surface area contributed by atoms with Gasteiger partial charge in [0, 0.05) is 19.3 Å². The van der Waals surface area contributed by atoms with E-state index >= 15 is 0 Å². The van der Waals surface area contributed by atoms with Crippen LogP contribution in [0.1, 0.15) is 44.9 Å². The Hall–Kier alpha value is -2.66. The van der Waals surface area contributed by atoms with Gasteiger partial charge in [0.1, 0.15) is 6.10 Å². The Labute approximate surface area is 171 Å². The van der Waals surface area contributed by atoms with Crippen LogP contribution in [0.25, 0.3) is 11.1 Å². The van der Waals surface area contributed by atoms with Gasteiger partial charge in [0.2, 0.25) is 0 Å². The lowest BCUT2D eigenvalue weighted by Crippen LogP contribution is -2.24. The number of carboxylic acid groups (broad SMARTS) is 1. The van der Waals surface area contributed by atoms with E-state index in [1.807, 2.05) is 12.1 Å². The Balaban J connectivity index is 0.000000176. The summed E-state index contributed by atoms with van der Waals surface area (Å²) in [5.74, 6) is -1.03. The first-order chi connectivity index (χ1) is 14.1. The van der Waals surface area contributed by atoms with Crippen LogP contribution in [-0.2, 0) is 19.1 Å². The number of carbonyl (C=O) groups is 2. The second kappa shape index (κ2) is 10.8. The molecule has 3 atom stereocenters. The third kappa shape index (κ3) is 7.35. The lowest BCUT2D eigenvalue weighted by molar-refractivity contribution is -0.150. The molecule has 0 bridgehead atoms. The molecule has 0 spiro atoms. The molecule has 5 heteroatoms. The third-order valence-electron chi connectivity index (χ3n) is 5.16. The first-order valence-electron chi connectivity index (χ1n) is 10.3. The smallest absolute Gasteiger partial charge is 0.306 e. The summed E-state index contributed by atoms with van der Waals surface area (Å²) in [6.45, 7) is 0. The molecule has 1 aliphatic heterocycles. The van der Waals surface area contributed by atoms with Gasteiger partial charge < -0.3 is 14.6 Å². The molecule has 4 rings (SSSR count). The van der Waals surface area contributed by atoms with Crippen LogP contribution >= 0.6 is 0 Å². The second-order valence-corrected chi connectivity index (χ2v) is 7.47. The fraction of sp³-hybridized carbons (Fsp3) is 0.417. The van der Waals surface area contributed by atoms with E-state index in [0.29, 0.717) is 31.5 Å². The van der Waals surface area contributed by atoms with Crippen LogP contribution in [0.4, 0.5) is 0 Å². The van der Waals surface area contributed by atoms with Crippen molar-refractivity contribution in [2.24, 2.45) is 0 Å². The summed E-state index contributed by atoms with van der Waals surface area (Å²) in [5.41, 5.74) is 2.55. The van der Waals surface area contributed by atoms with E-state index in [1.165, 1.54) is 11.1 Å². The van der Waals surface area contributed by atoms with Crippen molar-refractivity contribution < 1.29 is 24.2 Å². The first kappa shape index (κ1) is 21.1. The average molecular weight is 396 g/mol. The average Bonchev–Trinajstić information content (AvgIpc) is 3.52. The molecule has 1 N–H and O–H groups in total. The van der Waals surface area contributed by atoms with Gasteiger partial charge in [-0.05, 0) is 36.8 Å². The van der Waals surface area contributed by atoms with Gasteiger partial charge in [-0.3, -0.25) is 9.59 Å². The predicted octanol–water partition coefficient (Wildman–Crippen LogP) is 4.85. The highest BCUT2D eigenvalue weighted by molar-refractivity contribution is 5.70. The summed E-state index contributed by atoms with van der Waals surface area (Å²) >= 11 is 0. The number of fused-ring (bicyclic) bond motifs is 1.